The fraction of sp³-hybridized carbons (Fsp3) is 0.600. The van der Waals surface area contributed by atoms with Gasteiger partial charge in [0.05, 0.1) is 23.9 Å². The molecule has 1 saturated heterocycles. The lowest BCUT2D eigenvalue weighted by Crippen LogP contribution is -2.46. The Kier molecular flexibility index (Phi) is 6.24. The van der Waals surface area contributed by atoms with E-state index < -0.39 is 5.97 Å². The summed E-state index contributed by atoms with van der Waals surface area (Å²) in [4.78, 5) is 36.6. The number of piperidine rings is 1. The monoisotopic (exact) mass is 354 g/mol. The molecule has 0 radical (unpaired) electrons. The van der Waals surface area contributed by atoms with E-state index in [-0.39, 0.29) is 29.5 Å². The number of likely N-dealkylation sites (tertiary alicyclic amines) is 1. The van der Waals surface area contributed by atoms with E-state index in [1.165, 1.54) is 11.8 Å². The van der Waals surface area contributed by atoms with Gasteiger partial charge in [-0.25, -0.2) is 0 Å². The van der Waals surface area contributed by atoms with E-state index in [9.17, 15) is 14.4 Å². The minimum atomic E-state index is -0.865. The summed E-state index contributed by atoms with van der Waals surface area (Å²) in [7, 11) is 3.51. The van der Waals surface area contributed by atoms with Crippen molar-refractivity contribution in [2.75, 3.05) is 25.1 Å². The van der Waals surface area contributed by atoms with Crippen LogP contribution >= 0.6 is 11.8 Å². The van der Waals surface area contributed by atoms with Crippen LogP contribution in [-0.4, -0.2) is 62.7 Å². The van der Waals surface area contributed by atoms with Crippen LogP contribution in [-0.2, 0) is 21.4 Å². The zero-order valence-corrected chi connectivity index (χ0v) is 14.6. The molecule has 0 spiro atoms. The number of carbonyl (C=O) groups is 3. The maximum atomic E-state index is 12.5. The lowest BCUT2D eigenvalue weighted by atomic mass is 9.85. The summed E-state index contributed by atoms with van der Waals surface area (Å²) in [6.45, 7) is 0.407. The molecule has 1 aromatic heterocycles. The summed E-state index contributed by atoms with van der Waals surface area (Å²) in [5.74, 6) is -0.729. The first-order valence-corrected chi connectivity index (χ1v) is 8.87. The van der Waals surface area contributed by atoms with Crippen molar-refractivity contribution >= 4 is 29.5 Å². The first-order valence-electron chi connectivity index (χ1n) is 7.71. The van der Waals surface area contributed by atoms with Crippen LogP contribution in [0.3, 0.4) is 0 Å². The van der Waals surface area contributed by atoms with Crippen LogP contribution in [0.4, 0.5) is 0 Å². The van der Waals surface area contributed by atoms with Crippen LogP contribution in [0.15, 0.2) is 12.4 Å². The number of nitrogens with zero attached hydrogens (tertiary/aromatic N) is 3. The molecule has 1 fully saturated rings. The van der Waals surface area contributed by atoms with Crippen molar-refractivity contribution in [3.05, 3.63) is 18.0 Å². The number of aryl methyl sites for hydroxylation is 1. The molecule has 1 aromatic rings. The maximum absolute atomic E-state index is 12.5. The van der Waals surface area contributed by atoms with Gasteiger partial charge < -0.3 is 15.3 Å². The van der Waals surface area contributed by atoms with Crippen molar-refractivity contribution in [1.29, 1.82) is 0 Å². The van der Waals surface area contributed by atoms with Gasteiger partial charge in [-0.15, -0.1) is 11.8 Å². The van der Waals surface area contributed by atoms with Crippen LogP contribution in [0.2, 0.25) is 0 Å². The normalized spacial score (nSPS) is 20.9. The Morgan fingerprint density at radius 2 is 2.21 bits per heavy atom. The molecule has 0 aromatic carbocycles. The van der Waals surface area contributed by atoms with E-state index in [0.717, 1.165) is 5.56 Å². The average Bonchev–Trinajstić information content (AvgIpc) is 2.95. The Morgan fingerprint density at radius 3 is 2.83 bits per heavy atom. The maximum Gasteiger partial charge on any atom is 0.313 e. The SMILES string of the molecule is CN1C(=O)CCC(C(=O)NCCSCC(=O)O)C1c1cnn(C)c1. The lowest BCUT2D eigenvalue weighted by Gasteiger charge is -2.37. The molecule has 2 rings (SSSR count). The van der Waals surface area contributed by atoms with Gasteiger partial charge in [-0.1, -0.05) is 0 Å². The van der Waals surface area contributed by atoms with E-state index in [1.54, 1.807) is 29.9 Å². The molecular formula is C15H22N4O4S. The average molecular weight is 354 g/mol. The number of nitrogens with one attached hydrogen (secondary N) is 1. The molecule has 24 heavy (non-hydrogen) atoms. The number of carboxylic acid groups (broad SMARTS) is 1. The van der Waals surface area contributed by atoms with Gasteiger partial charge in [0, 0.05) is 44.6 Å². The highest BCUT2D eigenvalue weighted by Crippen LogP contribution is 2.35. The first kappa shape index (κ1) is 18.3. The van der Waals surface area contributed by atoms with E-state index in [4.69, 9.17) is 5.11 Å². The standard InChI is InChI=1S/C15H22N4O4S/c1-18-8-10(7-17-18)14-11(3-4-12(20)19(14)2)15(23)16-5-6-24-9-13(21)22/h7-8,11,14H,3-6,9H2,1-2H3,(H,16,23)(H,21,22). The summed E-state index contributed by atoms with van der Waals surface area (Å²) in [6, 6.07) is -0.327. The Hall–Kier alpha value is -2.03. The quantitative estimate of drug-likeness (QED) is 0.681. The number of carboxylic acids is 1. The summed E-state index contributed by atoms with van der Waals surface area (Å²) >= 11 is 1.26. The van der Waals surface area contributed by atoms with Crippen LogP contribution in [0.5, 0.6) is 0 Å². The highest BCUT2D eigenvalue weighted by molar-refractivity contribution is 7.99. The van der Waals surface area contributed by atoms with Crippen molar-refractivity contribution in [3.63, 3.8) is 0 Å². The molecule has 0 saturated carbocycles. The van der Waals surface area contributed by atoms with E-state index >= 15 is 0 Å². The molecule has 2 atom stereocenters. The second-order valence-corrected chi connectivity index (χ2v) is 6.88. The second kappa shape index (κ2) is 8.18. The minimum absolute atomic E-state index is 0.0184. The van der Waals surface area contributed by atoms with Crippen LogP contribution < -0.4 is 5.32 Å². The number of carbonyl (C=O) groups excluding carboxylic acids is 2. The molecule has 0 bridgehead atoms. The van der Waals surface area contributed by atoms with E-state index in [1.807, 2.05) is 6.20 Å². The molecule has 2 unspecified atom stereocenters. The smallest absolute Gasteiger partial charge is 0.313 e. The number of aliphatic carboxylic acids is 1. The van der Waals surface area contributed by atoms with Gasteiger partial charge in [0.1, 0.15) is 0 Å². The Balaban J connectivity index is 1.99. The molecule has 2 heterocycles. The van der Waals surface area contributed by atoms with Gasteiger partial charge in [-0.2, -0.15) is 5.10 Å². The number of amides is 2. The molecular weight excluding hydrogens is 332 g/mol. The van der Waals surface area contributed by atoms with Crippen LogP contribution in [0.1, 0.15) is 24.4 Å². The number of hydrogen-bond acceptors (Lipinski definition) is 5. The third-order valence-corrected chi connectivity index (χ3v) is 4.98. The second-order valence-electron chi connectivity index (χ2n) is 5.78. The predicted octanol–water partition coefficient (Wildman–Crippen LogP) is 0.264. The van der Waals surface area contributed by atoms with Crippen LogP contribution in [0, 0.1) is 5.92 Å². The Bertz CT molecular complexity index is 618. The van der Waals surface area contributed by atoms with Crippen molar-refractivity contribution in [2.24, 2.45) is 13.0 Å². The summed E-state index contributed by atoms with van der Waals surface area (Å²) in [5.41, 5.74) is 0.841. The number of rotatable bonds is 7. The van der Waals surface area contributed by atoms with E-state index in [0.29, 0.717) is 25.1 Å². The Morgan fingerprint density at radius 1 is 1.46 bits per heavy atom. The van der Waals surface area contributed by atoms with Gasteiger partial charge >= 0.3 is 5.97 Å². The van der Waals surface area contributed by atoms with Crippen LogP contribution in [0.25, 0.3) is 0 Å². The number of thioether (sulfide) groups is 1. The molecule has 9 heteroatoms. The van der Waals surface area contributed by atoms with Gasteiger partial charge in [-0.05, 0) is 6.42 Å². The van der Waals surface area contributed by atoms with E-state index in [2.05, 4.69) is 10.4 Å². The molecule has 2 amide bonds. The zero-order valence-electron chi connectivity index (χ0n) is 13.8. The minimum Gasteiger partial charge on any atom is -0.481 e. The fourth-order valence-corrected chi connectivity index (χ4v) is 3.46. The van der Waals surface area contributed by atoms with Crippen molar-refractivity contribution in [2.45, 2.75) is 18.9 Å². The zero-order chi connectivity index (χ0) is 17.7. The molecule has 8 nitrogen and oxygen atoms in total. The fourth-order valence-electron chi connectivity index (χ4n) is 2.90. The first-order chi connectivity index (χ1) is 11.4. The number of aromatic nitrogens is 2. The topological polar surface area (TPSA) is 105 Å². The largest absolute Gasteiger partial charge is 0.481 e. The van der Waals surface area contributed by atoms with Crippen molar-refractivity contribution in [3.8, 4) is 0 Å². The van der Waals surface area contributed by atoms with Gasteiger partial charge in [-0.3, -0.25) is 19.1 Å². The Labute approximate surface area is 144 Å². The van der Waals surface area contributed by atoms with Gasteiger partial charge in [0.25, 0.3) is 0 Å². The van der Waals surface area contributed by atoms with Crippen molar-refractivity contribution in [1.82, 2.24) is 20.0 Å². The summed E-state index contributed by atoms with van der Waals surface area (Å²) < 4.78 is 1.65. The molecule has 132 valence electrons. The number of hydrogen-bond donors (Lipinski definition) is 2. The predicted molar refractivity (Wildman–Crippen MR) is 89.4 cm³/mol. The highest BCUT2D eigenvalue weighted by atomic mass is 32.2. The van der Waals surface area contributed by atoms with Crippen molar-refractivity contribution < 1.29 is 19.5 Å². The molecule has 2 N–H and O–H groups in total. The molecule has 1 aliphatic heterocycles. The highest BCUT2D eigenvalue weighted by Gasteiger charge is 2.39. The van der Waals surface area contributed by atoms with Gasteiger partial charge in [0.2, 0.25) is 11.8 Å². The van der Waals surface area contributed by atoms with Gasteiger partial charge in [0.15, 0.2) is 0 Å². The third kappa shape index (κ3) is 4.50. The lowest BCUT2D eigenvalue weighted by molar-refractivity contribution is -0.141. The molecule has 1 aliphatic rings. The summed E-state index contributed by atoms with van der Waals surface area (Å²) in [5, 5.41) is 15.6. The third-order valence-electron chi connectivity index (χ3n) is 4.04. The molecule has 0 aliphatic carbocycles. The summed E-state index contributed by atoms with van der Waals surface area (Å²) in [6.07, 6.45) is 4.35.